The van der Waals surface area contributed by atoms with Crippen molar-refractivity contribution in [1.29, 1.82) is 0 Å². The second kappa shape index (κ2) is 18.4. The summed E-state index contributed by atoms with van der Waals surface area (Å²) in [5.74, 6) is 0.803. The van der Waals surface area contributed by atoms with Crippen LogP contribution in [0.15, 0.2) is 157 Å². The third-order valence-corrected chi connectivity index (χ3v) is 13.1. The zero-order valence-electron chi connectivity index (χ0n) is 34.8. The molecule has 1 amide bonds. The molecule has 9 rings (SSSR count). The Morgan fingerprint density at radius 2 is 1.05 bits per heavy atom. The maximum atomic E-state index is 12.9. The molecule has 9 heteroatoms. The summed E-state index contributed by atoms with van der Waals surface area (Å²) >= 11 is 0. The van der Waals surface area contributed by atoms with Gasteiger partial charge in [0, 0.05) is 24.2 Å². The number of benzene rings is 6. The first-order chi connectivity index (χ1) is 29.6. The van der Waals surface area contributed by atoms with E-state index in [9.17, 15) is 13.2 Å². The zero-order valence-corrected chi connectivity index (χ0v) is 35.6. The number of rotatable bonds is 9. The third-order valence-electron chi connectivity index (χ3n) is 11.4. The Balaban J connectivity index is 0.000000171. The quantitative estimate of drug-likeness (QED) is 0.143. The van der Waals surface area contributed by atoms with Crippen molar-refractivity contribution in [2.75, 3.05) is 13.1 Å². The first kappa shape index (κ1) is 41.2. The van der Waals surface area contributed by atoms with Crippen molar-refractivity contribution in [2.45, 2.75) is 57.1 Å². The Hall–Kier alpha value is -6.58. The molecule has 3 heterocycles. The number of hydrogen-bond acceptors (Lipinski definition) is 7. The molecule has 1 fully saturated rings. The van der Waals surface area contributed by atoms with E-state index in [0.29, 0.717) is 28.3 Å². The lowest BCUT2D eigenvalue weighted by molar-refractivity contribution is -0.131. The lowest BCUT2D eigenvalue weighted by Gasteiger charge is -2.32. The Kier molecular flexibility index (Phi) is 12.4. The van der Waals surface area contributed by atoms with Crippen molar-refractivity contribution in [2.24, 2.45) is 5.92 Å². The van der Waals surface area contributed by atoms with Crippen LogP contribution in [-0.2, 0) is 33.2 Å². The molecule has 0 radical (unpaired) electrons. The summed E-state index contributed by atoms with van der Waals surface area (Å²) in [6.07, 6.45) is 3.73. The molecule has 6 aromatic carbocycles. The minimum Gasteiger partial charge on any atom is -0.342 e. The molecule has 61 heavy (non-hydrogen) atoms. The van der Waals surface area contributed by atoms with Crippen LogP contribution in [0, 0.1) is 26.7 Å². The summed E-state index contributed by atoms with van der Waals surface area (Å²) in [5.41, 5.74) is 12.7. The predicted octanol–water partition coefficient (Wildman–Crippen LogP) is 10.5. The van der Waals surface area contributed by atoms with Gasteiger partial charge in [0.25, 0.3) is 0 Å². The Bertz CT molecular complexity index is 2900. The van der Waals surface area contributed by atoms with Crippen LogP contribution in [0.4, 0.5) is 0 Å². The standard InChI is InChI=1S/C28H22N2O2S.C24H27N3O/c1-20-12-15-24(16-13-20)33(31,32)19-21-14-17-25-26(18-21)30-28(23-10-6-3-7-11-23)27(29-25)22-8-4-2-5-9-22;1-17-18(2)26-23-15-21(8-9-22(23)25-17)16-24(28)27-12-10-20(11-13-27)14-19-6-4-3-5-7-19/h2-18H,19H2,1H3;3-9,15,20H,10-14,16H2,1-2H3. The summed E-state index contributed by atoms with van der Waals surface area (Å²) < 4.78 is 25.9. The van der Waals surface area contributed by atoms with Crippen LogP contribution in [0.3, 0.4) is 0 Å². The summed E-state index contributed by atoms with van der Waals surface area (Å²) in [4.78, 5) is 34.2. The Morgan fingerprint density at radius 1 is 0.557 bits per heavy atom. The number of carbonyl (C=O) groups is 1. The topological polar surface area (TPSA) is 106 Å². The van der Waals surface area contributed by atoms with Crippen molar-refractivity contribution in [3.63, 3.8) is 0 Å². The molecule has 2 aromatic heterocycles. The van der Waals surface area contributed by atoms with E-state index in [1.807, 2.05) is 135 Å². The molecule has 0 bridgehead atoms. The number of hydrogen-bond donors (Lipinski definition) is 0. The number of likely N-dealkylation sites (tertiary alicyclic amines) is 1. The van der Waals surface area contributed by atoms with Crippen LogP contribution in [0.25, 0.3) is 44.6 Å². The second-order valence-electron chi connectivity index (χ2n) is 16.0. The van der Waals surface area contributed by atoms with E-state index in [0.717, 1.165) is 93.9 Å². The summed E-state index contributed by atoms with van der Waals surface area (Å²) in [7, 11) is -3.46. The molecule has 0 N–H and O–H groups in total. The first-order valence-corrected chi connectivity index (χ1v) is 22.5. The maximum absolute atomic E-state index is 12.9. The van der Waals surface area contributed by atoms with Crippen LogP contribution in [0.5, 0.6) is 0 Å². The van der Waals surface area contributed by atoms with E-state index in [4.69, 9.17) is 9.97 Å². The van der Waals surface area contributed by atoms with Crippen LogP contribution < -0.4 is 0 Å². The van der Waals surface area contributed by atoms with E-state index in [-0.39, 0.29) is 11.7 Å². The van der Waals surface area contributed by atoms with Gasteiger partial charge >= 0.3 is 0 Å². The van der Waals surface area contributed by atoms with E-state index >= 15 is 0 Å². The van der Waals surface area contributed by atoms with Crippen molar-refractivity contribution in [1.82, 2.24) is 24.8 Å². The van der Waals surface area contributed by atoms with Crippen molar-refractivity contribution < 1.29 is 13.2 Å². The molecule has 0 unspecified atom stereocenters. The van der Waals surface area contributed by atoms with Gasteiger partial charge in [-0.2, -0.15) is 0 Å². The van der Waals surface area contributed by atoms with Crippen molar-refractivity contribution in [3.8, 4) is 22.5 Å². The minimum atomic E-state index is -3.46. The molecule has 1 aliphatic rings. The molecule has 0 spiro atoms. The third kappa shape index (κ3) is 10.1. The average Bonchev–Trinajstić information content (AvgIpc) is 3.28. The number of fused-ring (bicyclic) bond motifs is 2. The largest absolute Gasteiger partial charge is 0.342 e. The second-order valence-corrected chi connectivity index (χ2v) is 17.9. The highest BCUT2D eigenvalue weighted by atomic mass is 32.2. The fraction of sp³-hybridized carbons (Fsp3) is 0.212. The van der Waals surface area contributed by atoms with Crippen LogP contribution in [-0.4, -0.2) is 52.3 Å². The van der Waals surface area contributed by atoms with E-state index < -0.39 is 9.84 Å². The number of piperidine rings is 1. The molecule has 1 saturated heterocycles. The molecule has 0 aliphatic carbocycles. The highest BCUT2D eigenvalue weighted by Crippen LogP contribution is 2.32. The van der Waals surface area contributed by atoms with Crippen LogP contribution >= 0.6 is 0 Å². The smallest absolute Gasteiger partial charge is 0.226 e. The Morgan fingerprint density at radius 3 is 1.66 bits per heavy atom. The summed E-state index contributed by atoms with van der Waals surface area (Å²) in [6, 6.07) is 49.0. The normalized spacial score (nSPS) is 13.2. The molecule has 1 aliphatic heterocycles. The molecular weight excluding hydrogens is 775 g/mol. The molecular formula is C52H49N5O3S. The monoisotopic (exact) mass is 823 g/mol. The Labute approximate surface area is 358 Å². The predicted molar refractivity (Wildman–Crippen MR) is 245 cm³/mol. The fourth-order valence-corrected chi connectivity index (χ4v) is 9.18. The minimum absolute atomic E-state index is 0.0885. The lowest BCUT2D eigenvalue weighted by Crippen LogP contribution is -2.39. The van der Waals surface area contributed by atoms with Gasteiger partial charge in [0.15, 0.2) is 9.84 Å². The molecule has 8 aromatic rings. The van der Waals surface area contributed by atoms with Crippen LogP contribution in [0.1, 0.15) is 46.5 Å². The first-order valence-electron chi connectivity index (χ1n) is 20.8. The highest BCUT2D eigenvalue weighted by Gasteiger charge is 2.23. The zero-order chi connectivity index (χ0) is 42.3. The van der Waals surface area contributed by atoms with Gasteiger partial charge in [0.2, 0.25) is 5.91 Å². The molecule has 0 saturated carbocycles. The van der Waals surface area contributed by atoms with Gasteiger partial charge in [-0.15, -0.1) is 0 Å². The van der Waals surface area contributed by atoms with Gasteiger partial charge in [0.1, 0.15) is 0 Å². The molecule has 0 atom stereocenters. The SMILES string of the molecule is Cc1ccc(S(=O)(=O)Cc2ccc3nc(-c4ccccc4)c(-c4ccccc4)nc3c2)cc1.Cc1nc2ccc(CC(=O)N3CCC(Cc4ccccc4)CC3)cc2nc1C. The summed E-state index contributed by atoms with van der Waals surface area (Å²) in [5, 5.41) is 0. The van der Waals surface area contributed by atoms with E-state index in [1.54, 1.807) is 12.1 Å². The van der Waals surface area contributed by atoms with Gasteiger partial charge in [-0.3, -0.25) is 4.79 Å². The lowest BCUT2D eigenvalue weighted by atomic mass is 9.90. The highest BCUT2D eigenvalue weighted by molar-refractivity contribution is 7.90. The van der Waals surface area contributed by atoms with Gasteiger partial charge in [-0.1, -0.05) is 121 Å². The summed E-state index contributed by atoms with van der Waals surface area (Å²) in [6.45, 7) is 7.61. The number of carbonyl (C=O) groups excluding carboxylic acids is 1. The van der Waals surface area contributed by atoms with E-state index in [1.165, 1.54) is 5.56 Å². The maximum Gasteiger partial charge on any atom is 0.226 e. The molecule has 8 nitrogen and oxygen atoms in total. The number of amides is 1. The number of sulfone groups is 1. The average molecular weight is 824 g/mol. The van der Waals surface area contributed by atoms with Crippen LogP contribution in [0.2, 0.25) is 0 Å². The van der Waals surface area contributed by atoms with Gasteiger partial charge in [0.05, 0.1) is 61.9 Å². The molecule has 306 valence electrons. The van der Waals surface area contributed by atoms with Crippen molar-refractivity contribution in [3.05, 3.63) is 185 Å². The fourth-order valence-electron chi connectivity index (χ4n) is 7.84. The number of nitrogens with zero attached hydrogens (tertiary/aromatic N) is 5. The van der Waals surface area contributed by atoms with Gasteiger partial charge < -0.3 is 4.90 Å². The number of aryl methyl sites for hydroxylation is 3. The number of aromatic nitrogens is 4. The van der Waals surface area contributed by atoms with Gasteiger partial charge in [-0.25, -0.2) is 28.4 Å². The van der Waals surface area contributed by atoms with E-state index in [2.05, 4.69) is 40.3 Å². The van der Waals surface area contributed by atoms with Gasteiger partial charge in [-0.05, 0) is 99.0 Å². The van der Waals surface area contributed by atoms with Crippen molar-refractivity contribution >= 4 is 37.8 Å².